The highest BCUT2D eigenvalue weighted by Gasteiger charge is 2.24. The predicted octanol–water partition coefficient (Wildman–Crippen LogP) is 2.48. The van der Waals surface area contributed by atoms with Crippen LogP contribution < -0.4 is 5.32 Å². The van der Waals surface area contributed by atoms with Crippen LogP contribution in [-0.2, 0) is 4.74 Å². The Morgan fingerprint density at radius 3 is 2.76 bits per heavy atom. The van der Waals surface area contributed by atoms with Gasteiger partial charge in [0.2, 0.25) is 0 Å². The molecule has 0 bridgehead atoms. The Kier molecular flexibility index (Phi) is 3.69. The normalized spacial score (nSPS) is 20.8. The van der Waals surface area contributed by atoms with Crippen LogP contribution in [0.1, 0.15) is 42.6 Å². The number of hydrogen-bond acceptors (Lipinski definition) is 3. The van der Waals surface area contributed by atoms with Gasteiger partial charge in [0.05, 0.1) is 12.7 Å². The Labute approximate surface area is 103 Å². The van der Waals surface area contributed by atoms with Crippen molar-refractivity contribution in [1.82, 2.24) is 5.32 Å². The molecular formula is C14H21NO2. The van der Waals surface area contributed by atoms with Gasteiger partial charge in [-0.3, -0.25) is 0 Å². The maximum Gasteiger partial charge on any atom is 0.124 e. The number of phenolic OH excluding ortho intramolecular Hbond substituents is 1. The summed E-state index contributed by atoms with van der Waals surface area (Å²) < 4.78 is 5.77. The van der Waals surface area contributed by atoms with E-state index < -0.39 is 0 Å². The Bertz CT molecular complexity index is 395. The lowest BCUT2D eigenvalue weighted by Gasteiger charge is -2.28. The summed E-state index contributed by atoms with van der Waals surface area (Å²) in [6.07, 6.45) is -0.0268. The molecule has 0 radical (unpaired) electrons. The molecule has 0 saturated carbocycles. The molecule has 1 atom stereocenters. The third kappa shape index (κ3) is 2.45. The number of ether oxygens (including phenoxy) is 1. The maximum absolute atomic E-state index is 10.3. The summed E-state index contributed by atoms with van der Waals surface area (Å²) in [5.74, 6) is 0.784. The van der Waals surface area contributed by atoms with E-state index in [4.69, 9.17) is 4.74 Å². The number of phenols is 1. The number of aryl methyl sites for hydroxylation is 1. The standard InChI is InChI=1S/C14H21NO2/c1-9(2)11-5-4-10(3)14(16)13(11)12-8-15-6-7-17-12/h4-5,9,12,15-16H,6-8H2,1-3H3. The van der Waals surface area contributed by atoms with Crippen LogP contribution in [0.15, 0.2) is 12.1 Å². The highest BCUT2D eigenvalue weighted by molar-refractivity contribution is 5.47. The van der Waals surface area contributed by atoms with Crippen molar-refractivity contribution in [3.63, 3.8) is 0 Å². The molecule has 1 fully saturated rings. The van der Waals surface area contributed by atoms with Crippen LogP contribution in [0.3, 0.4) is 0 Å². The number of rotatable bonds is 2. The van der Waals surface area contributed by atoms with E-state index in [1.165, 1.54) is 5.56 Å². The first-order valence-corrected chi connectivity index (χ1v) is 6.26. The minimum absolute atomic E-state index is 0.0268. The fourth-order valence-electron chi connectivity index (χ4n) is 2.33. The topological polar surface area (TPSA) is 41.5 Å². The van der Waals surface area contributed by atoms with Crippen LogP contribution >= 0.6 is 0 Å². The zero-order valence-corrected chi connectivity index (χ0v) is 10.8. The monoisotopic (exact) mass is 235 g/mol. The molecule has 1 heterocycles. The average molecular weight is 235 g/mol. The SMILES string of the molecule is Cc1ccc(C(C)C)c(C2CNCCO2)c1O. The van der Waals surface area contributed by atoms with Gasteiger partial charge in [0.1, 0.15) is 5.75 Å². The Morgan fingerprint density at radius 1 is 1.41 bits per heavy atom. The van der Waals surface area contributed by atoms with Crippen molar-refractivity contribution in [1.29, 1.82) is 0 Å². The van der Waals surface area contributed by atoms with Gasteiger partial charge in [0.25, 0.3) is 0 Å². The Balaban J connectivity index is 2.44. The fraction of sp³-hybridized carbons (Fsp3) is 0.571. The van der Waals surface area contributed by atoms with Gasteiger partial charge in [-0.05, 0) is 24.0 Å². The lowest BCUT2D eigenvalue weighted by molar-refractivity contribution is 0.0255. The van der Waals surface area contributed by atoms with E-state index in [1.807, 2.05) is 13.0 Å². The van der Waals surface area contributed by atoms with Crippen molar-refractivity contribution in [2.45, 2.75) is 32.8 Å². The van der Waals surface area contributed by atoms with Gasteiger partial charge in [-0.1, -0.05) is 26.0 Å². The molecule has 1 aliphatic heterocycles. The first-order chi connectivity index (χ1) is 8.11. The van der Waals surface area contributed by atoms with Crippen molar-refractivity contribution < 1.29 is 9.84 Å². The molecule has 1 aromatic carbocycles. The Morgan fingerprint density at radius 2 is 2.18 bits per heavy atom. The van der Waals surface area contributed by atoms with Gasteiger partial charge in [0.15, 0.2) is 0 Å². The van der Waals surface area contributed by atoms with E-state index in [0.717, 1.165) is 24.2 Å². The van der Waals surface area contributed by atoms with E-state index in [-0.39, 0.29) is 6.10 Å². The molecule has 2 rings (SSSR count). The van der Waals surface area contributed by atoms with Gasteiger partial charge < -0.3 is 15.2 Å². The second kappa shape index (κ2) is 5.07. The van der Waals surface area contributed by atoms with Crippen LogP contribution in [0.5, 0.6) is 5.75 Å². The number of benzene rings is 1. The van der Waals surface area contributed by atoms with Gasteiger partial charge in [-0.15, -0.1) is 0 Å². The maximum atomic E-state index is 10.3. The highest BCUT2D eigenvalue weighted by atomic mass is 16.5. The summed E-state index contributed by atoms with van der Waals surface area (Å²) in [4.78, 5) is 0. The fourth-order valence-corrected chi connectivity index (χ4v) is 2.33. The molecule has 0 aromatic heterocycles. The van der Waals surface area contributed by atoms with Gasteiger partial charge in [-0.25, -0.2) is 0 Å². The average Bonchev–Trinajstić information content (AvgIpc) is 2.33. The van der Waals surface area contributed by atoms with Crippen molar-refractivity contribution in [2.75, 3.05) is 19.7 Å². The predicted molar refractivity (Wildman–Crippen MR) is 68.5 cm³/mol. The van der Waals surface area contributed by atoms with E-state index in [0.29, 0.717) is 18.3 Å². The third-order valence-electron chi connectivity index (χ3n) is 3.32. The van der Waals surface area contributed by atoms with Crippen LogP contribution in [0.25, 0.3) is 0 Å². The van der Waals surface area contributed by atoms with Crippen molar-refractivity contribution in [3.8, 4) is 5.75 Å². The highest BCUT2D eigenvalue weighted by Crippen LogP contribution is 2.36. The molecule has 1 aliphatic rings. The Hall–Kier alpha value is -1.06. The molecule has 1 unspecified atom stereocenters. The molecule has 17 heavy (non-hydrogen) atoms. The minimum Gasteiger partial charge on any atom is -0.507 e. The first kappa shape index (κ1) is 12.4. The summed E-state index contributed by atoms with van der Waals surface area (Å²) >= 11 is 0. The zero-order chi connectivity index (χ0) is 12.4. The summed E-state index contributed by atoms with van der Waals surface area (Å²) in [6.45, 7) is 8.58. The molecule has 0 amide bonds. The van der Waals surface area contributed by atoms with Gasteiger partial charge in [-0.2, -0.15) is 0 Å². The molecule has 3 heteroatoms. The smallest absolute Gasteiger partial charge is 0.124 e. The molecule has 2 N–H and O–H groups in total. The largest absolute Gasteiger partial charge is 0.507 e. The van der Waals surface area contributed by atoms with Crippen LogP contribution in [0.4, 0.5) is 0 Å². The van der Waals surface area contributed by atoms with E-state index in [9.17, 15) is 5.11 Å². The second-order valence-electron chi connectivity index (χ2n) is 4.95. The zero-order valence-electron chi connectivity index (χ0n) is 10.8. The summed E-state index contributed by atoms with van der Waals surface area (Å²) in [5, 5.41) is 13.6. The minimum atomic E-state index is -0.0268. The second-order valence-corrected chi connectivity index (χ2v) is 4.95. The third-order valence-corrected chi connectivity index (χ3v) is 3.32. The molecule has 0 spiro atoms. The lowest BCUT2D eigenvalue weighted by Crippen LogP contribution is -2.34. The van der Waals surface area contributed by atoms with Gasteiger partial charge >= 0.3 is 0 Å². The molecule has 3 nitrogen and oxygen atoms in total. The van der Waals surface area contributed by atoms with Crippen LogP contribution in [-0.4, -0.2) is 24.8 Å². The van der Waals surface area contributed by atoms with Crippen LogP contribution in [0.2, 0.25) is 0 Å². The molecule has 1 aromatic rings. The van der Waals surface area contributed by atoms with Crippen molar-refractivity contribution in [3.05, 3.63) is 28.8 Å². The van der Waals surface area contributed by atoms with E-state index in [1.54, 1.807) is 0 Å². The van der Waals surface area contributed by atoms with Crippen molar-refractivity contribution in [2.24, 2.45) is 0 Å². The van der Waals surface area contributed by atoms with Crippen molar-refractivity contribution >= 4 is 0 Å². The first-order valence-electron chi connectivity index (χ1n) is 6.26. The summed E-state index contributed by atoms with van der Waals surface area (Å²) in [7, 11) is 0. The molecule has 0 aliphatic carbocycles. The molecule has 94 valence electrons. The number of morpholine rings is 1. The molecular weight excluding hydrogens is 214 g/mol. The quantitative estimate of drug-likeness (QED) is 0.827. The van der Waals surface area contributed by atoms with E-state index in [2.05, 4.69) is 25.2 Å². The number of aromatic hydroxyl groups is 1. The number of nitrogens with one attached hydrogen (secondary N) is 1. The van der Waals surface area contributed by atoms with E-state index >= 15 is 0 Å². The molecule has 1 saturated heterocycles. The van der Waals surface area contributed by atoms with Gasteiger partial charge in [0, 0.05) is 18.7 Å². The van der Waals surface area contributed by atoms with Crippen LogP contribution in [0, 0.1) is 6.92 Å². The summed E-state index contributed by atoms with van der Waals surface area (Å²) in [5.41, 5.74) is 3.06. The summed E-state index contributed by atoms with van der Waals surface area (Å²) in [6, 6.07) is 4.08. The lowest BCUT2D eigenvalue weighted by atomic mass is 9.91. The number of hydrogen-bond donors (Lipinski definition) is 2.